The van der Waals surface area contributed by atoms with Crippen LogP contribution >= 0.6 is 11.6 Å². The number of carbonyl (C=O) groups is 1. The standard InChI is InChI=1S/C18H27ClN2O3/c1-13(2)5-10-24-17-15(19)11-14(12-16(17)23-4)18(22)21-8-6-20(3)7-9-21/h11-13H,5-10H2,1-4H3. The number of piperazine rings is 1. The van der Waals surface area contributed by atoms with Crippen LogP contribution in [0.4, 0.5) is 0 Å². The molecule has 2 rings (SSSR count). The van der Waals surface area contributed by atoms with Gasteiger partial charge in [-0.3, -0.25) is 4.79 Å². The van der Waals surface area contributed by atoms with Crippen LogP contribution in [0.2, 0.25) is 5.02 Å². The van der Waals surface area contributed by atoms with Crippen LogP contribution in [0.15, 0.2) is 12.1 Å². The second-order valence-electron chi connectivity index (χ2n) is 6.62. The third-order valence-corrected chi connectivity index (χ3v) is 4.49. The summed E-state index contributed by atoms with van der Waals surface area (Å²) in [6.07, 6.45) is 0.932. The molecule has 0 aliphatic carbocycles. The molecule has 134 valence electrons. The van der Waals surface area contributed by atoms with E-state index in [4.69, 9.17) is 21.1 Å². The summed E-state index contributed by atoms with van der Waals surface area (Å²) in [6.45, 7) is 8.06. The highest BCUT2D eigenvalue weighted by molar-refractivity contribution is 6.32. The van der Waals surface area contributed by atoms with Gasteiger partial charge in [0.15, 0.2) is 11.5 Å². The van der Waals surface area contributed by atoms with Crippen LogP contribution in [0.5, 0.6) is 11.5 Å². The molecular weight excluding hydrogens is 328 g/mol. The van der Waals surface area contributed by atoms with Crippen LogP contribution in [0, 0.1) is 5.92 Å². The maximum atomic E-state index is 12.7. The number of ether oxygens (including phenoxy) is 2. The first-order valence-electron chi connectivity index (χ1n) is 8.40. The smallest absolute Gasteiger partial charge is 0.254 e. The van der Waals surface area contributed by atoms with Gasteiger partial charge in [0.05, 0.1) is 18.7 Å². The van der Waals surface area contributed by atoms with Crippen LogP contribution < -0.4 is 9.47 Å². The summed E-state index contributed by atoms with van der Waals surface area (Å²) in [6, 6.07) is 3.40. The molecule has 1 heterocycles. The highest BCUT2D eigenvalue weighted by atomic mass is 35.5. The summed E-state index contributed by atoms with van der Waals surface area (Å²) in [5, 5.41) is 0.413. The number of carbonyl (C=O) groups excluding carboxylic acids is 1. The first-order chi connectivity index (χ1) is 11.4. The summed E-state index contributed by atoms with van der Waals surface area (Å²) in [5.41, 5.74) is 0.539. The van der Waals surface area contributed by atoms with Crippen molar-refractivity contribution < 1.29 is 14.3 Å². The van der Waals surface area contributed by atoms with E-state index in [9.17, 15) is 4.79 Å². The molecule has 0 N–H and O–H groups in total. The van der Waals surface area contributed by atoms with Crippen molar-refractivity contribution in [2.75, 3.05) is 46.9 Å². The molecule has 1 aromatic rings. The molecule has 1 aromatic carbocycles. The Bertz CT molecular complexity index is 570. The van der Waals surface area contributed by atoms with Crippen molar-refractivity contribution in [1.82, 2.24) is 9.80 Å². The Hall–Kier alpha value is -1.46. The van der Waals surface area contributed by atoms with Gasteiger partial charge in [-0.1, -0.05) is 25.4 Å². The Labute approximate surface area is 149 Å². The first kappa shape index (κ1) is 18.9. The molecule has 6 heteroatoms. The lowest BCUT2D eigenvalue weighted by molar-refractivity contribution is 0.0663. The van der Waals surface area contributed by atoms with E-state index in [1.165, 1.54) is 0 Å². The fraction of sp³-hybridized carbons (Fsp3) is 0.611. The number of hydrogen-bond acceptors (Lipinski definition) is 4. The van der Waals surface area contributed by atoms with E-state index in [2.05, 4.69) is 25.8 Å². The minimum atomic E-state index is -0.0166. The van der Waals surface area contributed by atoms with Crippen LogP contribution in [-0.4, -0.2) is 62.7 Å². The minimum absolute atomic E-state index is 0.0166. The maximum Gasteiger partial charge on any atom is 0.254 e. The molecule has 1 aliphatic heterocycles. The van der Waals surface area contributed by atoms with Crippen molar-refractivity contribution in [2.24, 2.45) is 5.92 Å². The molecule has 24 heavy (non-hydrogen) atoms. The van der Waals surface area contributed by atoms with E-state index in [1.807, 2.05) is 4.90 Å². The average Bonchev–Trinajstić information content (AvgIpc) is 2.55. The second kappa shape index (κ2) is 8.58. The van der Waals surface area contributed by atoms with Crippen molar-refractivity contribution in [3.05, 3.63) is 22.7 Å². The predicted molar refractivity (Wildman–Crippen MR) is 96.4 cm³/mol. The Morgan fingerprint density at radius 1 is 1.25 bits per heavy atom. The number of benzene rings is 1. The molecule has 0 radical (unpaired) electrons. The van der Waals surface area contributed by atoms with Gasteiger partial charge in [-0.15, -0.1) is 0 Å². The zero-order valence-electron chi connectivity index (χ0n) is 15.0. The lowest BCUT2D eigenvalue weighted by Gasteiger charge is -2.32. The molecule has 0 aromatic heterocycles. The van der Waals surface area contributed by atoms with E-state index in [0.29, 0.717) is 34.6 Å². The topological polar surface area (TPSA) is 42.0 Å². The zero-order valence-corrected chi connectivity index (χ0v) is 15.7. The van der Waals surface area contributed by atoms with Gasteiger partial charge < -0.3 is 19.3 Å². The zero-order chi connectivity index (χ0) is 17.7. The van der Waals surface area contributed by atoms with E-state index in [0.717, 1.165) is 32.6 Å². The van der Waals surface area contributed by atoms with Crippen LogP contribution in [-0.2, 0) is 0 Å². The Morgan fingerprint density at radius 2 is 1.92 bits per heavy atom. The van der Waals surface area contributed by atoms with Gasteiger partial charge in [0.25, 0.3) is 5.91 Å². The van der Waals surface area contributed by atoms with Crippen molar-refractivity contribution in [3.63, 3.8) is 0 Å². The van der Waals surface area contributed by atoms with Crippen LogP contribution in [0.1, 0.15) is 30.6 Å². The van der Waals surface area contributed by atoms with E-state index >= 15 is 0 Å². The summed E-state index contributed by atoms with van der Waals surface area (Å²) >= 11 is 6.35. The molecule has 5 nitrogen and oxygen atoms in total. The predicted octanol–water partition coefficient (Wildman–Crippen LogP) is 3.16. The monoisotopic (exact) mass is 354 g/mol. The number of likely N-dealkylation sites (N-methyl/N-ethyl adjacent to an activating group) is 1. The van der Waals surface area contributed by atoms with Gasteiger partial charge in [0.2, 0.25) is 0 Å². The SMILES string of the molecule is COc1cc(C(=O)N2CCN(C)CC2)cc(Cl)c1OCCC(C)C. The van der Waals surface area contributed by atoms with E-state index in [1.54, 1.807) is 19.2 Å². The summed E-state index contributed by atoms with van der Waals surface area (Å²) in [7, 11) is 3.62. The Balaban J connectivity index is 2.14. The average molecular weight is 355 g/mol. The quantitative estimate of drug-likeness (QED) is 0.787. The Kier molecular flexibility index (Phi) is 6.75. The largest absolute Gasteiger partial charge is 0.493 e. The molecular formula is C18H27ClN2O3. The fourth-order valence-electron chi connectivity index (χ4n) is 2.57. The molecule has 0 unspecified atom stereocenters. The van der Waals surface area contributed by atoms with Crippen molar-refractivity contribution in [3.8, 4) is 11.5 Å². The Morgan fingerprint density at radius 3 is 2.50 bits per heavy atom. The van der Waals surface area contributed by atoms with Gasteiger partial charge in [0.1, 0.15) is 0 Å². The molecule has 1 saturated heterocycles. The van der Waals surface area contributed by atoms with Crippen molar-refractivity contribution in [2.45, 2.75) is 20.3 Å². The summed E-state index contributed by atoms with van der Waals surface area (Å²) < 4.78 is 11.2. The number of nitrogens with zero attached hydrogens (tertiary/aromatic N) is 2. The normalized spacial score (nSPS) is 15.7. The first-order valence-corrected chi connectivity index (χ1v) is 8.78. The van der Waals surface area contributed by atoms with E-state index in [-0.39, 0.29) is 5.91 Å². The number of amides is 1. The highest BCUT2D eigenvalue weighted by Crippen LogP contribution is 2.37. The van der Waals surface area contributed by atoms with Gasteiger partial charge >= 0.3 is 0 Å². The molecule has 1 fully saturated rings. The third-order valence-electron chi connectivity index (χ3n) is 4.21. The lowest BCUT2D eigenvalue weighted by Crippen LogP contribution is -2.47. The number of halogens is 1. The third kappa shape index (κ3) is 4.77. The van der Waals surface area contributed by atoms with Gasteiger partial charge in [0, 0.05) is 31.7 Å². The van der Waals surface area contributed by atoms with Crippen LogP contribution in [0.25, 0.3) is 0 Å². The molecule has 0 bridgehead atoms. The lowest BCUT2D eigenvalue weighted by atomic mass is 10.1. The van der Waals surface area contributed by atoms with Crippen LogP contribution in [0.3, 0.4) is 0 Å². The number of hydrogen-bond donors (Lipinski definition) is 0. The second-order valence-corrected chi connectivity index (χ2v) is 7.02. The van der Waals surface area contributed by atoms with E-state index < -0.39 is 0 Å². The van der Waals surface area contributed by atoms with Gasteiger partial charge in [-0.25, -0.2) is 0 Å². The highest BCUT2D eigenvalue weighted by Gasteiger charge is 2.23. The van der Waals surface area contributed by atoms with Gasteiger partial charge in [-0.05, 0) is 31.5 Å². The molecule has 1 amide bonds. The summed E-state index contributed by atoms with van der Waals surface area (Å²) in [4.78, 5) is 16.8. The van der Waals surface area contributed by atoms with Crippen molar-refractivity contribution >= 4 is 17.5 Å². The molecule has 1 aliphatic rings. The maximum absolute atomic E-state index is 12.7. The molecule has 0 spiro atoms. The number of methoxy groups -OCH3 is 1. The molecule has 0 atom stereocenters. The van der Waals surface area contributed by atoms with Crippen molar-refractivity contribution in [1.29, 1.82) is 0 Å². The number of rotatable bonds is 6. The summed E-state index contributed by atoms with van der Waals surface area (Å²) in [5.74, 6) is 1.54. The van der Waals surface area contributed by atoms with Gasteiger partial charge in [-0.2, -0.15) is 0 Å². The molecule has 0 saturated carbocycles. The fourth-order valence-corrected chi connectivity index (χ4v) is 2.84. The minimum Gasteiger partial charge on any atom is -0.493 e.